The van der Waals surface area contributed by atoms with E-state index in [1.807, 2.05) is 30.0 Å². The van der Waals surface area contributed by atoms with Crippen LogP contribution in [0.1, 0.15) is 25.8 Å². The highest BCUT2D eigenvalue weighted by atomic mass is 32.2. The van der Waals surface area contributed by atoms with Gasteiger partial charge in [0.2, 0.25) is 0 Å². The fourth-order valence-electron chi connectivity index (χ4n) is 2.41. The first-order chi connectivity index (χ1) is 9.69. The van der Waals surface area contributed by atoms with Gasteiger partial charge < -0.3 is 10.1 Å². The van der Waals surface area contributed by atoms with Gasteiger partial charge >= 0.3 is 0 Å². The van der Waals surface area contributed by atoms with Gasteiger partial charge in [-0.3, -0.25) is 4.99 Å². The molecule has 1 aliphatic heterocycles. The van der Waals surface area contributed by atoms with Crippen molar-refractivity contribution in [3.63, 3.8) is 0 Å². The van der Waals surface area contributed by atoms with E-state index in [4.69, 9.17) is 4.74 Å². The van der Waals surface area contributed by atoms with Gasteiger partial charge in [0.15, 0.2) is 5.17 Å². The lowest BCUT2D eigenvalue weighted by Gasteiger charge is -2.11. The number of hydrogen-bond acceptors (Lipinski definition) is 3. The number of benzene rings is 1. The van der Waals surface area contributed by atoms with Crippen LogP contribution in [0.4, 0.5) is 0 Å². The highest BCUT2D eigenvalue weighted by molar-refractivity contribution is 8.14. The third kappa shape index (κ3) is 4.44. The van der Waals surface area contributed by atoms with Crippen molar-refractivity contribution in [1.29, 1.82) is 0 Å². The third-order valence-electron chi connectivity index (χ3n) is 3.33. The Morgan fingerprint density at radius 2 is 2.20 bits per heavy atom. The number of hydrogen-bond donors (Lipinski definition) is 1. The average molecular weight is 292 g/mol. The van der Waals surface area contributed by atoms with Gasteiger partial charge in [-0.05, 0) is 30.4 Å². The van der Waals surface area contributed by atoms with Crippen molar-refractivity contribution < 1.29 is 4.74 Å². The van der Waals surface area contributed by atoms with Gasteiger partial charge in [0.25, 0.3) is 0 Å². The van der Waals surface area contributed by atoms with Crippen LogP contribution in [-0.2, 0) is 6.42 Å². The van der Waals surface area contributed by atoms with Crippen LogP contribution in [0.25, 0.3) is 0 Å². The van der Waals surface area contributed by atoms with E-state index in [-0.39, 0.29) is 0 Å². The normalized spacial score (nSPS) is 20.4. The van der Waals surface area contributed by atoms with Crippen LogP contribution in [0, 0.1) is 5.92 Å². The van der Waals surface area contributed by atoms with E-state index in [9.17, 15) is 0 Å². The standard InChI is InChI=1S/C16H24N2OS/c1-12(2)10-14-11-20-16(18-14)17-9-8-13-6-4-5-7-15(13)19-3/h4-7,12,14H,8-11H2,1-3H3,(H,17,18). The smallest absolute Gasteiger partial charge is 0.156 e. The summed E-state index contributed by atoms with van der Waals surface area (Å²) in [6, 6.07) is 8.75. The van der Waals surface area contributed by atoms with Crippen molar-refractivity contribution in [3.8, 4) is 5.75 Å². The number of nitrogens with one attached hydrogen (secondary N) is 1. The van der Waals surface area contributed by atoms with Crippen LogP contribution in [0.15, 0.2) is 29.3 Å². The molecular weight excluding hydrogens is 268 g/mol. The monoisotopic (exact) mass is 292 g/mol. The fraction of sp³-hybridized carbons (Fsp3) is 0.562. The van der Waals surface area contributed by atoms with Crippen LogP contribution >= 0.6 is 11.8 Å². The third-order valence-corrected chi connectivity index (χ3v) is 4.42. The van der Waals surface area contributed by atoms with Crippen molar-refractivity contribution in [1.82, 2.24) is 5.32 Å². The summed E-state index contributed by atoms with van der Waals surface area (Å²) in [7, 11) is 1.72. The SMILES string of the molecule is COc1ccccc1CCN=C1NC(CC(C)C)CS1. The first-order valence-corrected chi connectivity index (χ1v) is 8.23. The molecule has 1 aromatic carbocycles. The van der Waals surface area contributed by atoms with Crippen molar-refractivity contribution in [3.05, 3.63) is 29.8 Å². The van der Waals surface area contributed by atoms with E-state index >= 15 is 0 Å². The van der Waals surface area contributed by atoms with Crippen LogP contribution < -0.4 is 10.1 Å². The maximum atomic E-state index is 5.36. The predicted octanol–water partition coefficient (Wildman–Crippen LogP) is 3.34. The molecule has 1 saturated heterocycles. The molecule has 1 aliphatic rings. The Morgan fingerprint density at radius 3 is 2.95 bits per heavy atom. The Labute approximate surface area is 126 Å². The molecule has 1 unspecified atom stereocenters. The summed E-state index contributed by atoms with van der Waals surface area (Å²) in [5.74, 6) is 2.84. The number of amidine groups is 1. The molecule has 0 spiro atoms. The molecule has 4 heteroatoms. The van der Waals surface area contributed by atoms with Gasteiger partial charge in [-0.2, -0.15) is 0 Å². The summed E-state index contributed by atoms with van der Waals surface area (Å²) >= 11 is 1.85. The number of aliphatic imine (C=N–C) groups is 1. The number of nitrogens with zero attached hydrogens (tertiary/aromatic N) is 1. The largest absolute Gasteiger partial charge is 0.496 e. The second kappa shape index (κ2) is 7.58. The van der Waals surface area contributed by atoms with E-state index < -0.39 is 0 Å². The second-order valence-electron chi connectivity index (χ2n) is 5.53. The Hall–Kier alpha value is -1.16. The molecular formula is C16H24N2OS. The topological polar surface area (TPSA) is 33.6 Å². The highest BCUT2D eigenvalue weighted by Gasteiger charge is 2.20. The van der Waals surface area contributed by atoms with Gasteiger partial charge in [0.05, 0.1) is 7.11 Å². The summed E-state index contributed by atoms with van der Waals surface area (Å²) in [6.07, 6.45) is 2.14. The minimum absolute atomic E-state index is 0.588. The van der Waals surface area contributed by atoms with Gasteiger partial charge in [-0.1, -0.05) is 43.8 Å². The van der Waals surface area contributed by atoms with Gasteiger partial charge in [-0.25, -0.2) is 0 Å². The molecule has 2 rings (SSSR count). The quantitative estimate of drug-likeness (QED) is 0.873. The zero-order chi connectivity index (χ0) is 14.4. The number of thioether (sulfide) groups is 1. The minimum atomic E-state index is 0.588. The Balaban J connectivity index is 1.82. The number of rotatable bonds is 6. The van der Waals surface area contributed by atoms with Gasteiger partial charge in [0.1, 0.15) is 5.75 Å². The van der Waals surface area contributed by atoms with Gasteiger partial charge in [-0.15, -0.1) is 0 Å². The van der Waals surface area contributed by atoms with E-state index in [1.165, 1.54) is 12.0 Å². The molecule has 3 nitrogen and oxygen atoms in total. The molecule has 0 amide bonds. The van der Waals surface area contributed by atoms with Crippen molar-refractivity contribution in [2.75, 3.05) is 19.4 Å². The molecule has 0 bridgehead atoms. The average Bonchev–Trinajstić information content (AvgIpc) is 2.86. The molecule has 110 valence electrons. The second-order valence-corrected chi connectivity index (χ2v) is 6.54. The molecule has 0 saturated carbocycles. The lowest BCUT2D eigenvalue weighted by atomic mass is 10.1. The summed E-state index contributed by atoms with van der Waals surface area (Å²) in [6.45, 7) is 5.34. The maximum Gasteiger partial charge on any atom is 0.156 e. The fourth-order valence-corrected chi connectivity index (χ4v) is 3.42. The predicted molar refractivity (Wildman–Crippen MR) is 87.8 cm³/mol. The van der Waals surface area contributed by atoms with Crippen LogP contribution in [0.2, 0.25) is 0 Å². The molecule has 0 radical (unpaired) electrons. The van der Waals surface area contributed by atoms with Crippen LogP contribution in [0.3, 0.4) is 0 Å². The molecule has 1 N–H and O–H groups in total. The van der Waals surface area contributed by atoms with Crippen molar-refractivity contribution >= 4 is 16.9 Å². The summed E-state index contributed by atoms with van der Waals surface area (Å²) in [5, 5.41) is 4.62. The summed E-state index contributed by atoms with van der Waals surface area (Å²) in [5.41, 5.74) is 1.22. The zero-order valence-electron chi connectivity index (χ0n) is 12.6. The molecule has 20 heavy (non-hydrogen) atoms. The first kappa shape index (κ1) is 15.2. The van der Waals surface area contributed by atoms with Crippen LogP contribution in [-0.4, -0.2) is 30.6 Å². The van der Waals surface area contributed by atoms with Crippen molar-refractivity contribution in [2.24, 2.45) is 10.9 Å². The Morgan fingerprint density at radius 1 is 1.40 bits per heavy atom. The minimum Gasteiger partial charge on any atom is -0.496 e. The van der Waals surface area contributed by atoms with Crippen molar-refractivity contribution in [2.45, 2.75) is 32.7 Å². The summed E-state index contributed by atoms with van der Waals surface area (Å²) < 4.78 is 5.36. The Kier molecular flexibility index (Phi) is 5.77. The maximum absolute atomic E-state index is 5.36. The lowest BCUT2D eigenvalue weighted by Crippen LogP contribution is -2.28. The lowest BCUT2D eigenvalue weighted by molar-refractivity contribution is 0.410. The molecule has 0 aliphatic carbocycles. The molecule has 1 fully saturated rings. The van der Waals surface area contributed by atoms with E-state index in [0.29, 0.717) is 6.04 Å². The van der Waals surface area contributed by atoms with Gasteiger partial charge in [0, 0.05) is 18.3 Å². The molecule has 1 heterocycles. The highest BCUT2D eigenvalue weighted by Crippen LogP contribution is 2.20. The molecule has 1 aromatic rings. The molecule has 0 aromatic heterocycles. The number of methoxy groups -OCH3 is 1. The zero-order valence-corrected chi connectivity index (χ0v) is 13.4. The number of para-hydroxylation sites is 1. The van der Waals surface area contributed by atoms with E-state index in [2.05, 4.69) is 30.2 Å². The van der Waals surface area contributed by atoms with E-state index in [1.54, 1.807) is 7.11 Å². The molecule has 1 atom stereocenters. The first-order valence-electron chi connectivity index (χ1n) is 7.24. The van der Waals surface area contributed by atoms with Crippen LogP contribution in [0.5, 0.6) is 5.75 Å². The number of ether oxygens (including phenoxy) is 1. The Bertz CT molecular complexity index is 460. The van der Waals surface area contributed by atoms with E-state index in [0.717, 1.165) is 35.6 Å². The summed E-state index contributed by atoms with van der Waals surface area (Å²) in [4.78, 5) is 4.66.